The van der Waals surface area contributed by atoms with Gasteiger partial charge < -0.3 is 9.47 Å². The molecule has 0 unspecified atom stereocenters. The molecule has 130 valence electrons. The quantitative estimate of drug-likeness (QED) is 0.654. The van der Waals surface area contributed by atoms with Crippen LogP contribution in [0.2, 0.25) is 0 Å². The van der Waals surface area contributed by atoms with Crippen molar-refractivity contribution in [2.45, 2.75) is 13.5 Å². The molecule has 1 aromatic carbocycles. The second-order valence-electron chi connectivity index (χ2n) is 5.56. The number of rotatable bonds is 5. The second-order valence-corrected chi connectivity index (χ2v) is 5.56. The number of carbonyl (C=O) groups excluding carboxylic acids is 1. The molecular formula is C19H15N3O4. The van der Waals surface area contributed by atoms with Crippen LogP contribution in [0, 0.1) is 18.3 Å². The molecular weight excluding hydrogens is 334 g/mol. The van der Waals surface area contributed by atoms with Crippen LogP contribution in [0.5, 0.6) is 5.75 Å². The van der Waals surface area contributed by atoms with Crippen LogP contribution in [0.4, 0.5) is 0 Å². The molecule has 0 bridgehead atoms. The third kappa shape index (κ3) is 3.87. The number of ether oxygens (including phenoxy) is 2. The SMILES string of the molecule is Cc1cccn2c(=O)cc(COC(=O)COc3ccc(C#N)cc3)nc12. The lowest BCUT2D eigenvalue weighted by Gasteiger charge is -2.08. The molecule has 0 spiro atoms. The topological polar surface area (TPSA) is 93.7 Å². The maximum atomic E-state index is 12.1. The van der Waals surface area contributed by atoms with E-state index in [1.165, 1.54) is 10.5 Å². The smallest absolute Gasteiger partial charge is 0.344 e. The van der Waals surface area contributed by atoms with Gasteiger partial charge in [-0.1, -0.05) is 6.07 Å². The number of aromatic nitrogens is 2. The Bertz CT molecular complexity index is 1050. The van der Waals surface area contributed by atoms with E-state index in [0.29, 0.717) is 22.7 Å². The van der Waals surface area contributed by atoms with Crippen molar-refractivity contribution in [3.05, 3.63) is 75.8 Å². The zero-order valence-corrected chi connectivity index (χ0v) is 14.0. The van der Waals surface area contributed by atoms with Crippen LogP contribution in [-0.2, 0) is 16.1 Å². The van der Waals surface area contributed by atoms with Gasteiger partial charge in [0.2, 0.25) is 0 Å². The zero-order valence-electron chi connectivity index (χ0n) is 14.0. The number of hydrogen-bond acceptors (Lipinski definition) is 6. The van der Waals surface area contributed by atoms with E-state index in [1.807, 2.05) is 19.1 Å². The van der Waals surface area contributed by atoms with Crippen LogP contribution < -0.4 is 10.3 Å². The lowest BCUT2D eigenvalue weighted by Crippen LogP contribution is -2.19. The van der Waals surface area contributed by atoms with Crippen LogP contribution in [0.3, 0.4) is 0 Å². The fraction of sp³-hybridized carbons (Fsp3) is 0.158. The molecule has 3 rings (SSSR count). The van der Waals surface area contributed by atoms with Gasteiger partial charge in [-0.3, -0.25) is 9.20 Å². The van der Waals surface area contributed by atoms with Crippen LogP contribution >= 0.6 is 0 Å². The fourth-order valence-electron chi connectivity index (χ4n) is 2.35. The van der Waals surface area contributed by atoms with Gasteiger partial charge in [-0.25, -0.2) is 9.78 Å². The predicted octanol–water partition coefficient (Wildman–Crippen LogP) is 2.00. The number of nitrogens with zero attached hydrogens (tertiary/aromatic N) is 3. The van der Waals surface area contributed by atoms with E-state index in [4.69, 9.17) is 14.7 Å². The predicted molar refractivity (Wildman–Crippen MR) is 92.6 cm³/mol. The summed E-state index contributed by atoms with van der Waals surface area (Å²) in [5, 5.41) is 8.73. The van der Waals surface area contributed by atoms with E-state index in [9.17, 15) is 9.59 Å². The van der Waals surface area contributed by atoms with Crippen molar-refractivity contribution in [2.24, 2.45) is 0 Å². The minimum atomic E-state index is -0.582. The van der Waals surface area contributed by atoms with Crippen LogP contribution in [-0.4, -0.2) is 22.0 Å². The maximum absolute atomic E-state index is 12.1. The highest BCUT2D eigenvalue weighted by molar-refractivity contribution is 5.71. The van der Waals surface area contributed by atoms with Gasteiger partial charge in [0.25, 0.3) is 5.56 Å². The molecule has 3 aromatic rings. The average Bonchev–Trinajstić information content (AvgIpc) is 2.66. The number of esters is 1. The van der Waals surface area contributed by atoms with Crippen molar-refractivity contribution in [3.8, 4) is 11.8 Å². The number of fused-ring (bicyclic) bond motifs is 1. The molecule has 0 saturated carbocycles. The molecule has 7 heteroatoms. The van der Waals surface area contributed by atoms with Crippen molar-refractivity contribution >= 4 is 11.6 Å². The van der Waals surface area contributed by atoms with Gasteiger partial charge in [-0.15, -0.1) is 0 Å². The fourth-order valence-corrected chi connectivity index (χ4v) is 2.35. The Balaban J connectivity index is 1.60. The number of benzene rings is 1. The molecule has 26 heavy (non-hydrogen) atoms. The monoisotopic (exact) mass is 349 g/mol. The summed E-state index contributed by atoms with van der Waals surface area (Å²) in [6.45, 7) is 1.45. The van der Waals surface area contributed by atoms with E-state index in [2.05, 4.69) is 4.98 Å². The number of nitriles is 1. The van der Waals surface area contributed by atoms with Crippen molar-refractivity contribution in [1.82, 2.24) is 9.38 Å². The van der Waals surface area contributed by atoms with E-state index in [1.54, 1.807) is 36.5 Å². The number of aryl methyl sites for hydroxylation is 1. The molecule has 2 aromatic heterocycles. The Labute approximate surface area is 149 Å². The largest absolute Gasteiger partial charge is 0.482 e. The first-order valence-electron chi connectivity index (χ1n) is 7.83. The Morgan fingerprint density at radius 3 is 2.77 bits per heavy atom. The van der Waals surface area contributed by atoms with Gasteiger partial charge in [-0.05, 0) is 42.8 Å². The summed E-state index contributed by atoms with van der Waals surface area (Å²) in [6, 6.07) is 13.3. The molecule has 0 saturated heterocycles. The highest BCUT2D eigenvalue weighted by atomic mass is 16.6. The molecule has 0 radical (unpaired) electrons. The second kappa shape index (κ2) is 7.49. The first-order chi connectivity index (χ1) is 12.6. The van der Waals surface area contributed by atoms with Crippen LogP contribution in [0.25, 0.3) is 5.65 Å². The van der Waals surface area contributed by atoms with E-state index in [-0.39, 0.29) is 18.8 Å². The van der Waals surface area contributed by atoms with Gasteiger partial charge in [0.15, 0.2) is 6.61 Å². The Kier molecular flexibility index (Phi) is 4.94. The third-order valence-electron chi connectivity index (χ3n) is 3.66. The standard InChI is InChI=1S/C19H15N3O4/c1-13-3-2-8-22-17(23)9-15(21-19(13)22)11-26-18(24)12-25-16-6-4-14(10-20)5-7-16/h2-9H,11-12H2,1H3. The lowest BCUT2D eigenvalue weighted by atomic mass is 10.2. The first kappa shape index (κ1) is 17.2. The molecule has 0 atom stereocenters. The summed E-state index contributed by atoms with van der Waals surface area (Å²) >= 11 is 0. The molecule has 0 fully saturated rings. The van der Waals surface area contributed by atoms with Crippen molar-refractivity contribution < 1.29 is 14.3 Å². The summed E-state index contributed by atoms with van der Waals surface area (Å²) in [4.78, 5) is 28.3. The van der Waals surface area contributed by atoms with Crippen LogP contribution in [0.1, 0.15) is 16.8 Å². The molecule has 0 amide bonds. The van der Waals surface area contributed by atoms with E-state index >= 15 is 0 Å². The average molecular weight is 349 g/mol. The van der Waals surface area contributed by atoms with Crippen molar-refractivity contribution in [2.75, 3.05) is 6.61 Å². The lowest BCUT2D eigenvalue weighted by molar-refractivity contribution is -0.147. The van der Waals surface area contributed by atoms with Crippen molar-refractivity contribution in [1.29, 1.82) is 5.26 Å². The third-order valence-corrected chi connectivity index (χ3v) is 3.66. The Hall–Kier alpha value is -3.66. The minimum absolute atomic E-state index is 0.115. The number of carbonyl (C=O) groups is 1. The molecule has 0 aliphatic rings. The summed E-state index contributed by atoms with van der Waals surface area (Å²) in [6.07, 6.45) is 1.64. The van der Waals surface area contributed by atoms with Crippen LogP contribution in [0.15, 0.2) is 53.5 Å². The molecule has 0 N–H and O–H groups in total. The normalized spacial score (nSPS) is 10.3. The van der Waals surface area contributed by atoms with E-state index < -0.39 is 5.97 Å². The summed E-state index contributed by atoms with van der Waals surface area (Å²) in [5.74, 6) is -0.125. The summed E-state index contributed by atoms with van der Waals surface area (Å²) < 4.78 is 11.8. The zero-order chi connectivity index (χ0) is 18.5. The number of pyridine rings is 1. The van der Waals surface area contributed by atoms with E-state index in [0.717, 1.165) is 5.56 Å². The van der Waals surface area contributed by atoms with Crippen molar-refractivity contribution in [3.63, 3.8) is 0 Å². The highest BCUT2D eigenvalue weighted by Crippen LogP contribution is 2.11. The highest BCUT2D eigenvalue weighted by Gasteiger charge is 2.09. The molecule has 2 heterocycles. The Morgan fingerprint density at radius 2 is 2.04 bits per heavy atom. The minimum Gasteiger partial charge on any atom is -0.482 e. The molecule has 7 nitrogen and oxygen atoms in total. The molecule has 0 aliphatic heterocycles. The summed E-state index contributed by atoms with van der Waals surface area (Å²) in [5.41, 5.74) is 2.01. The maximum Gasteiger partial charge on any atom is 0.344 e. The van der Waals surface area contributed by atoms with Gasteiger partial charge in [0.05, 0.1) is 17.3 Å². The summed E-state index contributed by atoms with van der Waals surface area (Å²) in [7, 11) is 0. The van der Waals surface area contributed by atoms with Gasteiger partial charge in [0, 0.05) is 12.3 Å². The van der Waals surface area contributed by atoms with Gasteiger partial charge >= 0.3 is 5.97 Å². The first-order valence-corrected chi connectivity index (χ1v) is 7.83. The molecule has 0 aliphatic carbocycles. The Morgan fingerprint density at radius 1 is 1.27 bits per heavy atom. The van der Waals surface area contributed by atoms with Gasteiger partial charge in [0.1, 0.15) is 18.0 Å². The van der Waals surface area contributed by atoms with Gasteiger partial charge in [-0.2, -0.15) is 5.26 Å². The number of hydrogen-bond donors (Lipinski definition) is 0.